The van der Waals surface area contributed by atoms with E-state index in [0.717, 1.165) is 55.1 Å². The predicted octanol–water partition coefficient (Wildman–Crippen LogP) is 4.62. The van der Waals surface area contributed by atoms with E-state index in [1.807, 2.05) is 6.07 Å². The fourth-order valence-electron chi connectivity index (χ4n) is 4.41. The van der Waals surface area contributed by atoms with Crippen molar-refractivity contribution in [1.82, 2.24) is 10.2 Å². The minimum atomic E-state index is -1.14. The van der Waals surface area contributed by atoms with Crippen LogP contribution in [0.25, 0.3) is 5.57 Å². The van der Waals surface area contributed by atoms with Crippen LogP contribution in [0.5, 0.6) is 0 Å². The van der Waals surface area contributed by atoms with Crippen LogP contribution < -0.4 is 11.1 Å². The Labute approximate surface area is 187 Å². The number of nitrogens with zero attached hydrogens (tertiary/aromatic N) is 2. The first kappa shape index (κ1) is 24.7. The summed E-state index contributed by atoms with van der Waals surface area (Å²) in [7, 11) is 0. The highest BCUT2D eigenvalue weighted by Gasteiger charge is 2.25. The van der Waals surface area contributed by atoms with Crippen LogP contribution in [0.2, 0.25) is 0 Å². The van der Waals surface area contributed by atoms with Crippen molar-refractivity contribution in [2.24, 2.45) is 4.99 Å². The molecule has 2 aliphatic rings. The summed E-state index contributed by atoms with van der Waals surface area (Å²) < 4.78 is 13.9. The van der Waals surface area contributed by atoms with Gasteiger partial charge in [0.15, 0.2) is 0 Å². The minimum absolute atomic E-state index is 0.389. The molecule has 4 nitrogen and oxygen atoms in total. The van der Waals surface area contributed by atoms with Gasteiger partial charge in [-0.25, -0.2) is 4.39 Å². The zero-order valence-corrected chi connectivity index (χ0v) is 19.5. The van der Waals surface area contributed by atoms with E-state index in [-0.39, 0.29) is 0 Å². The number of terminal acetylenes is 1. The molecule has 0 unspecified atom stereocenters. The zero-order chi connectivity index (χ0) is 23.2. The van der Waals surface area contributed by atoms with E-state index >= 15 is 0 Å². The predicted molar refractivity (Wildman–Crippen MR) is 132 cm³/mol. The topological polar surface area (TPSA) is 53.6 Å². The van der Waals surface area contributed by atoms with Gasteiger partial charge in [-0.05, 0) is 69.4 Å². The number of nitrogens with two attached hydrogens (primary N) is 1. The van der Waals surface area contributed by atoms with Crippen LogP contribution >= 0.6 is 0 Å². The van der Waals surface area contributed by atoms with E-state index < -0.39 is 5.67 Å². The van der Waals surface area contributed by atoms with E-state index in [1.54, 1.807) is 13.8 Å². The Kier molecular flexibility index (Phi) is 8.47. The van der Waals surface area contributed by atoms with Crippen LogP contribution in [-0.2, 0) is 6.42 Å². The summed E-state index contributed by atoms with van der Waals surface area (Å²) in [6.07, 6.45) is 10.7. The van der Waals surface area contributed by atoms with Gasteiger partial charge in [-0.15, -0.1) is 12.8 Å². The molecule has 0 radical (unpaired) electrons. The number of rotatable bonds is 7. The molecule has 1 saturated heterocycles. The van der Waals surface area contributed by atoms with Gasteiger partial charge >= 0.3 is 0 Å². The molecule has 0 spiro atoms. The number of halogens is 1. The van der Waals surface area contributed by atoms with Crippen LogP contribution in [-0.4, -0.2) is 48.5 Å². The second kappa shape index (κ2) is 10.6. The third-order valence-electron chi connectivity index (χ3n) is 5.77. The Morgan fingerprint density at radius 3 is 2.48 bits per heavy atom. The van der Waals surface area contributed by atoms with Gasteiger partial charge in [0.1, 0.15) is 5.67 Å². The molecule has 1 aromatic carbocycles. The van der Waals surface area contributed by atoms with Gasteiger partial charge in [0.2, 0.25) is 0 Å². The van der Waals surface area contributed by atoms with Crippen molar-refractivity contribution in [3.8, 4) is 12.8 Å². The van der Waals surface area contributed by atoms with E-state index in [0.29, 0.717) is 19.0 Å². The van der Waals surface area contributed by atoms with Crippen LogP contribution in [0.4, 0.5) is 10.1 Å². The van der Waals surface area contributed by atoms with Crippen molar-refractivity contribution in [1.29, 1.82) is 0 Å². The van der Waals surface area contributed by atoms with E-state index in [1.165, 1.54) is 16.7 Å². The average molecular weight is 425 g/mol. The van der Waals surface area contributed by atoms with Crippen LogP contribution in [0.1, 0.15) is 51.7 Å². The summed E-state index contributed by atoms with van der Waals surface area (Å²) in [5.74, 6) is 0. The molecule has 1 aromatic rings. The van der Waals surface area contributed by atoms with Crippen LogP contribution in [0.3, 0.4) is 0 Å². The quantitative estimate of drug-likeness (QED) is 0.496. The number of likely N-dealkylation sites (tertiary alicyclic amines) is 1. The highest BCUT2D eigenvalue weighted by molar-refractivity contribution is 6.25. The molecule has 0 atom stereocenters. The summed E-state index contributed by atoms with van der Waals surface area (Å²) >= 11 is 0. The molecule has 3 N–H and O–H groups in total. The first-order valence-corrected chi connectivity index (χ1v) is 10.9. The van der Waals surface area contributed by atoms with Gasteiger partial charge in [0, 0.05) is 54.8 Å². The highest BCUT2D eigenvalue weighted by atomic mass is 19.1. The number of aliphatic imine (C=N–C) groups is 1. The molecular weight excluding hydrogens is 387 g/mol. The van der Waals surface area contributed by atoms with Gasteiger partial charge in [-0.3, -0.25) is 4.99 Å². The molecule has 3 rings (SSSR count). The van der Waals surface area contributed by atoms with Gasteiger partial charge in [-0.1, -0.05) is 12.6 Å². The maximum Gasteiger partial charge on any atom is 0.118 e. The second-order valence-corrected chi connectivity index (χ2v) is 9.16. The fourth-order valence-corrected chi connectivity index (χ4v) is 4.41. The lowest BCUT2D eigenvalue weighted by Crippen LogP contribution is -2.45. The summed E-state index contributed by atoms with van der Waals surface area (Å²) in [6.45, 7) is 14.9. The lowest BCUT2D eigenvalue weighted by Gasteiger charge is -2.35. The normalized spacial score (nSPS) is 17.7. The second-order valence-electron chi connectivity index (χ2n) is 9.16. The number of allylic oxidation sites excluding steroid dienone is 2. The molecule has 1 fully saturated rings. The molecule has 5 heteroatoms. The van der Waals surface area contributed by atoms with Gasteiger partial charge in [0.25, 0.3) is 0 Å². The van der Waals surface area contributed by atoms with Crippen molar-refractivity contribution in [3.63, 3.8) is 0 Å². The average Bonchev–Trinajstić information content (AvgIpc) is 3.04. The van der Waals surface area contributed by atoms with Crippen molar-refractivity contribution >= 4 is 17.0 Å². The van der Waals surface area contributed by atoms with E-state index in [4.69, 9.17) is 5.73 Å². The Morgan fingerprint density at radius 1 is 1.29 bits per heavy atom. The first-order valence-electron chi connectivity index (χ1n) is 10.9. The molecule has 0 amide bonds. The maximum absolute atomic E-state index is 13.9. The van der Waals surface area contributed by atoms with Gasteiger partial charge < -0.3 is 16.0 Å². The molecule has 0 aromatic heterocycles. The lowest BCUT2D eigenvalue weighted by atomic mass is 9.95. The summed E-state index contributed by atoms with van der Waals surface area (Å²) in [5, 5.41) is 3.58. The molecule has 0 saturated carbocycles. The number of hydrogen-bond acceptors (Lipinski definition) is 4. The zero-order valence-electron chi connectivity index (χ0n) is 19.5. The first-order chi connectivity index (χ1) is 14.6. The van der Waals surface area contributed by atoms with Crippen molar-refractivity contribution in [3.05, 3.63) is 47.2 Å². The molecule has 31 heavy (non-hydrogen) atoms. The summed E-state index contributed by atoms with van der Waals surface area (Å²) in [6, 6.07) is 6.64. The molecule has 168 valence electrons. The minimum Gasteiger partial charge on any atom is -0.398 e. The number of hydrogen-bond donors (Lipinski definition) is 2. The Balaban J connectivity index is 0.00000166. The number of piperidine rings is 1. The van der Waals surface area contributed by atoms with E-state index in [2.05, 4.69) is 60.6 Å². The fraction of sp³-hybridized carbons (Fsp3) is 0.500. The number of alkyl halides is 1. The summed E-state index contributed by atoms with van der Waals surface area (Å²) in [4.78, 5) is 6.76. The highest BCUT2D eigenvalue weighted by Crippen LogP contribution is 2.29. The number of nitrogens with one attached hydrogen (secondary N) is 1. The monoisotopic (exact) mass is 424 g/mol. The van der Waals surface area contributed by atoms with E-state index in [9.17, 15) is 4.39 Å². The van der Waals surface area contributed by atoms with Gasteiger partial charge in [-0.2, -0.15) is 0 Å². The molecule has 0 aliphatic carbocycles. The SMILES string of the molecule is C#C.C=C(Cc1cc(C2=C(C)CN=C2C)ccc1N)NC1CCN(CC(C)(C)F)CC1. The molecule has 2 heterocycles. The standard InChI is InChI=1S/C24H35FN4.C2H2/c1-16-14-27-18(3)23(16)19-6-7-22(26)20(13-19)12-17(2)28-21-8-10-29(11-9-21)15-24(4,5)25;1-2/h6-7,13,21,28H,2,8-12,14-15,26H2,1,3-5H3;1-2H. The van der Waals surface area contributed by atoms with Gasteiger partial charge in [0.05, 0.1) is 6.54 Å². The summed E-state index contributed by atoms with van der Waals surface area (Å²) in [5.41, 5.74) is 12.8. The Hall–Kier alpha value is -2.58. The Morgan fingerprint density at radius 2 is 1.94 bits per heavy atom. The Bertz CT molecular complexity index is 865. The van der Waals surface area contributed by atoms with Crippen molar-refractivity contribution in [2.45, 2.75) is 58.7 Å². The number of anilines is 1. The number of benzene rings is 1. The largest absolute Gasteiger partial charge is 0.398 e. The lowest BCUT2D eigenvalue weighted by molar-refractivity contribution is 0.103. The molecular formula is C26H37FN4. The van der Waals surface area contributed by atoms with Crippen molar-refractivity contribution < 1.29 is 4.39 Å². The third kappa shape index (κ3) is 6.97. The van der Waals surface area contributed by atoms with Crippen molar-refractivity contribution in [2.75, 3.05) is 31.9 Å². The molecule has 2 aliphatic heterocycles. The third-order valence-corrected chi connectivity index (χ3v) is 5.77. The maximum atomic E-state index is 13.9. The van der Waals surface area contributed by atoms with Crippen LogP contribution in [0, 0.1) is 12.8 Å². The van der Waals surface area contributed by atoms with Crippen LogP contribution in [0.15, 0.2) is 41.0 Å². The molecule has 0 bridgehead atoms. The smallest absolute Gasteiger partial charge is 0.118 e. The number of nitrogen functional groups attached to an aromatic ring is 1.